The number of hydrogen-bond donors (Lipinski definition) is 2. The number of likely N-dealkylation sites (N-methyl/N-ethyl adjacent to an activating group) is 1. The van der Waals surface area contributed by atoms with Crippen molar-refractivity contribution in [1.82, 2.24) is 10.2 Å². The Bertz CT molecular complexity index is 869. The van der Waals surface area contributed by atoms with Gasteiger partial charge in [-0.3, -0.25) is 19.1 Å². The summed E-state index contributed by atoms with van der Waals surface area (Å²) in [6.45, 7) is 3.21. The number of ether oxygens (including phenoxy) is 1. The lowest BCUT2D eigenvalue weighted by molar-refractivity contribution is -0.825. The number of hydroxylamine groups is 3. The first kappa shape index (κ1) is 21.9. The minimum absolute atomic E-state index is 0.0959. The fourth-order valence-electron chi connectivity index (χ4n) is 4.68. The van der Waals surface area contributed by atoms with Crippen LogP contribution in [-0.2, 0) is 20.9 Å². The summed E-state index contributed by atoms with van der Waals surface area (Å²) in [5.41, 5.74) is 1.75. The summed E-state index contributed by atoms with van der Waals surface area (Å²) in [7, 11) is 1.37. The molecule has 3 heterocycles. The van der Waals surface area contributed by atoms with Gasteiger partial charge in [0, 0.05) is 44.3 Å². The van der Waals surface area contributed by atoms with E-state index in [4.69, 9.17) is 4.74 Å². The van der Waals surface area contributed by atoms with Crippen molar-refractivity contribution < 1.29 is 23.8 Å². The molecule has 1 aromatic carbocycles. The number of piperidine rings is 2. The first-order valence-corrected chi connectivity index (χ1v) is 11.0. The Hall–Kier alpha value is -2.33. The van der Waals surface area contributed by atoms with Crippen molar-refractivity contribution >= 4 is 23.4 Å². The molecule has 2 fully saturated rings. The van der Waals surface area contributed by atoms with E-state index in [0.717, 1.165) is 42.9 Å². The van der Waals surface area contributed by atoms with E-state index < -0.39 is 22.5 Å². The topological polar surface area (TPSA) is 111 Å². The third kappa shape index (κ3) is 4.23. The van der Waals surface area contributed by atoms with Crippen molar-refractivity contribution in [3.05, 3.63) is 34.5 Å². The molecular weight excluding hydrogens is 400 g/mol. The zero-order chi connectivity index (χ0) is 22.0. The van der Waals surface area contributed by atoms with Crippen LogP contribution in [0.5, 0.6) is 0 Å². The average Bonchev–Trinajstić information content (AvgIpc) is 3.04. The number of quaternary nitrogens is 1. The van der Waals surface area contributed by atoms with E-state index in [1.165, 1.54) is 7.05 Å². The third-order valence-electron chi connectivity index (χ3n) is 6.54. The molecule has 9 nitrogen and oxygen atoms in total. The Balaban J connectivity index is 1.38. The quantitative estimate of drug-likeness (QED) is 0.291. The largest absolute Gasteiger partial charge is 0.624 e. The first-order valence-electron chi connectivity index (χ1n) is 11.0. The molecule has 0 spiro atoms. The Morgan fingerprint density at radius 3 is 2.77 bits per heavy atom. The second kappa shape index (κ2) is 9.04. The summed E-state index contributed by atoms with van der Waals surface area (Å²) >= 11 is 0. The zero-order valence-electron chi connectivity index (χ0n) is 17.9. The number of nitrogens with one attached hydrogen (secondary N) is 2. The smallest absolute Gasteiger partial charge is 0.347 e. The monoisotopic (exact) mass is 430 g/mol. The van der Waals surface area contributed by atoms with Gasteiger partial charge in [-0.05, 0) is 44.5 Å². The molecule has 1 aromatic rings. The lowest BCUT2D eigenvalue weighted by atomic mass is 10.0. The van der Waals surface area contributed by atoms with E-state index in [-0.39, 0.29) is 25.3 Å². The van der Waals surface area contributed by atoms with Gasteiger partial charge in [0.2, 0.25) is 5.91 Å². The number of fused-ring (bicyclic) bond motifs is 1. The lowest BCUT2D eigenvalue weighted by Gasteiger charge is -2.44. The van der Waals surface area contributed by atoms with Crippen LogP contribution in [-0.4, -0.2) is 72.7 Å². The van der Waals surface area contributed by atoms with E-state index in [0.29, 0.717) is 30.4 Å². The number of anilines is 1. The molecule has 0 aromatic heterocycles. The predicted octanol–water partition coefficient (Wildman–Crippen LogP) is 1.37. The molecular formula is C22H30N4O5. The normalized spacial score (nSPS) is 27.0. The van der Waals surface area contributed by atoms with E-state index in [2.05, 4.69) is 10.6 Å². The maximum atomic E-state index is 13.6. The number of rotatable bonds is 7. The third-order valence-corrected chi connectivity index (χ3v) is 6.54. The highest BCUT2D eigenvalue weighted by Gasteiger charge is 2.51. The first-order chi connectivity index (χ1) is 14.9. The van der Waals surface area contributed by atoms with Gasteiger partial charge in [0.25, 0.3) is 5.91 Å². The van der Waals surface area contributed by atoms with Crippen LogP contribution in [0.1, 0.15) is 48.0 Å². The molecule has 3 amide bonds. The number of nitrogens with zero attached hydrogens (tertiary/aromatic N) is 2. The molecule has 2 unspecified atom stereocenters. The summed E-state index contributed by atoms with van der Waals surface area (Å²) in [5, 5.41) is 20.2. The van der Waals surface area contributed by atoms with E-state index in [1.54, 1.807) is 12.1 Å². The second-order valence-corrected chi connectivity index (χ2v) is 8.54. The average molecular weight is 431 g/mol. The minimum Gasteiger partial charge on any atom is -0.624 e. The van der Waals surface area contributed by atoms with Crippen molar-refractivity contribution in [3.63, 3.8) is 0 Å². The van der Waals surface area contributed by atoms with Crippen molar-refractivity contribution in [1.29, 1.82) is 0 Å². The zero-order valence-corrected chi connectivity index (χ0v) is 17.9. The molecule has 2 N–H and O–H groups in total. The van der Waals surface area contributed by atoms with Gasteiger partial charge >= 0.3 is 5.91 Å². The molecule has 2 atom stereocenters. The highest BCUT2D eigenvalue weighted by molar-refractivity contribution is 6.02. The highest BCUT2D eigenvalue weighted by atomic mass is 16.6. The Kier molecular flexibility index (Phi) is 6.38. The van der Waals surface area contributed by atoms with Gasteiger partial charge in [0.15, 0.2) is 6.04 Å². The van der Waals surface area contributed by atoms with Crippen molar-refractivity contribution in [2.24, 2.45) is 0 Å². The highest BCUT2D eigenvalue weighted by Crippen LogP contribution is 2.38. The van der Waals surface area contributed by atoms with Crippen LogP contribution in [0.25, 0.3) is 0 Å². The van der Waals surface area contributed by atoms with E-state index in [1.807, 2.05) is 6.07 Å². The van der Waals surface area contributed by atoms with E-state index >= 15 is 0 Å². The minimum atomic E-state index is -1.25. The van der Waals surface area contributed by atoms with Gasteiger partial charge in [0.1, 0.15) is 6.54 Å². The number of hydrogen-bond acceptors (Lipinski definition) is 7. The molecule has 0 radical (unpaired) electrons. The molecule has 9 heteroatoms. The molecule has 2 saturated heterocycles. The summed E-state index contributed by atoms with van der Waals surface area (Å²) in [6, 6.07) is 4.17. The molecule has 0 saturated carbocycles. The summed E-state index contributed by atoms with van der Waals surface area (Å²) < 4.78 is 4.67. The van der Waals surface area contributed by atoms with Crippen LogP contribution in [0, 0.1) is 5.21 Å². The van der Waals surface area contributed by atoms with Gasteiger partial charge in [-0.25, -0.2) is 4.79 Å². The number of benzene rings is 1. The van der Waals surface area contributed by atoms with Gasteiger partial charge in [-0.15, -0.1) is 0 Å². The number of carbonyl (C=O) groups excluding carboxylic acids is 3. The molecule has 31 heavy (non-hydrogen) atoms. The van der Waals surface area contributed by atoms with Crippen LogP contribution < -0.4 is 10.6 Å². The predicted molar refractivity (Wildman–Crippen MR) is 114 cm³/mol. The Morgan fingerprint density at radius 1 is 1.23 bits per heavy atom. The summed E-state index contributed by atoms with van der Waals surface area (Å²) in [5.74, 6) is -1.49. The molecule has 168 valence electrons. The molecule has 0 aliphatic carbocycles. The number of carbonyl (C=O) groups is 3. The fraction of sp³-hybridized carbons (Fsp3) is 0.591. The molecule has 3 aliphatic rings. The van der Waals surface area contributed by atoms with Crippen LogP contribution in [0.3, 0.4) is 0 Å². The lowest BCUT2D eigenvalue weighted by Crippen LogP contribution is -2.60. The van der Waals surface area contributed by atoms with Gasteiger partial charge < -0.3 is 20.6 Å². The van der Waals surface area contributed by atoms with Crippen molar-refractivity contribution in [2.45, 2.75) is 50.8 Å². The second-order valence-electron chi connectivity index (χ2n) is 8.54. The molecule has 4 rings (SSSR count). The van der Waals surface area contributed by atoms with Gasteiger partial charge in [-0.2, -0.15) is 0 Å². The van der Waals surface area contributed by atoms with Crippen LogP contribution in [0.4, 0.5) is 5.69 Å². The number of amides is 3. The van der Waals surface area contributed by atoms with Crippen molar-refractivity contribution in [2.75, 3.05) is 38.6 Å². The SMILES string of the molecule is CN1C(=O)CCC([N+]2([O-])Cc3c(NCCCOC4CCNCC4)cccc3C2=O)C1=O. The molecule has 3 aliphatic heterocycles. The van der Waals surface area contributed by atoms with Crippen LogP contribution in [0.15, 0.2) is 18.2 Å². The number of imide groups is 1. The Labute approximate surface area is 181 Å². The van der Waals surface area contributed by atoms with Gasteiger partial charge in [0.05, 0.1) is 11.7 Å². The van der Waals surface area contributed by atoms with Crippen LogP contribution >= 0.6 is 0 Å². The van der Waals surface area contributed by atoms with E-state index in [9.17, 15) is 19.6 Å². The molecule has 0 bridgehead atoms. The number of likely N-dealkylation sites (tertiary alicyclic amines) is 1. The maximum absolute atomic E-state index is 13.6. The maximum Gasteiger partial charge on any atom is 0.347 e. The van der Waals surface area contributed by atoms with Crippen molar-refractivity contribution in [3.8, 4) is 0 Å². The standard InChI is InChI=1S/C22H30N4O5/c1-25-20(27)7-6-19(21(25)28)26(30)14-17-16(22(26)29)4-2-5-18(17)24-10-3-13-31-15-8-11-23-12-9-15/h2,4-5,15,19,23-24H,3,6-14H2,1H3. The Morgan fingerprint density at radius 2 is 2.00 bits per heavy atom. The summed E-state index contributed by atoms with van der Waals surface area (Å²) in [6.07, 6.45) is 3.39. The summed E-state index contributed by atoms with van der Waals surface area (Å²) in [4.78, 5) is 38.4. The van der Waals surface area contributed by atoms with Gasteiger partial charge in [-0.1, -0.05) is 6.07 Å². The van der Waals surface area contributed by atoms with Crippen LogP contribution in [0.2, 0.25) is 0 Å². The fourth-order valence-corrected chi connectivity index (χ4v) is 4.68.